The molecule has 1 fully saturated rings. The molecule has 0 aliphatic carbocycles. The van der Waals surface area contributed by atoms with Crippen LogP contribution in [0.25, 0.3) is 16.2 Å². The molecule has 4 aromatic heterocycles. The second-order valence-electron chi connectivity index (χ2n) is 7.92. The number of aromatic carboxylic acids is 1. The fourth-order valence-electron chi connectivity index (χ4n) is 3.97. The van der Waals surface area contributed by atoms with Gasteiger partial charge in [-0.1, -0.05) is 6.07 Å². The number of fused-ring (bicyclic) bond motifs is 1. The van der Waals surface area contributed by atoms with Gasteiger partial charge in [0.2, 0.25) is 5.43 Å². The summed E-state index contributed by atoms with van der Waals surface area (Å²) in [7, 11) is 0. The molecule has 10 heteroatoms. The highest BCUT2D eigenvalue weighted by atomic mass is 32.1. The first-order chi connectivity index (χ1) is 15.9. The third kappa shape index (κ3) is 3.78. The second-order valence-corrected chi connectivity index (χ2v) is 8.80. The minimum atomic E-state index is -1.30. The van der Waals surface area contributed by atoms with E-state index in [-0.39, 0.29) is 22.7 Å². The Balaban J connectivity index is 1.48. The number of aromatic nitrogens is 4. The van der Waals surface area contributed by atoms with Crippen molar-refractivity contribution < 1.29 is 14.7 Å². The zero-order chi connectivity index (χ0) is 23.1. The number of Topliss-reactive ketones (excluding diaryl/α,β-unsaturated/α-hetero) is 1. The smallest absolute Gasteiger partial charge is 0.341 e. The molecule has 1 N–H and O–H groups in total. The van der Waals surface area contributed by atoms with Crippen molar-refractivity contribution >= 4 is 39.9 Å². The number of aryl methyl sites for hydroxylation is 1. The molecule has 0 atom stereocenters. The van der Waals surface area contributed by atoms with Gasteiger partial charge >= 0.3 is 5.97 Å². The minimum absolute atomic E-state index is 0.111. The van der Waals surface area contributed by atoms with Crippen LogP contribution in [0.4, 0.5) is 5.82 Å². The third-order valence-electron chi connectivity index (χ3n) is 5.74. The predicted octanol–water partition coefficient (Wildman–Crippen LogP) is 2.49. The predicted molar refractivity (Wildman–Crippen MR) is 123 cm³/mol. The van der Waals surface area contributed by atoms with Gasteiger partial charge in [0.1, 0.15) is 17.2 Å². The number of carbonyl (C=O) groups excluding carboxylic acids is 1. The number of carboxylic acids is 1. The summed E-state index contributed by atoms with van der Waals surface area (Å²) in [6.45, 7) is 2.81. The van der Waals surface area contributed by atoms with Gasteiger partial charge < -0.3 is 10.0 Å². The Morgan fingerprint density at radius 2 is 2.03 bits per heavy atom. The first-order valence-electron chi connectivity index (χ1n) is 10.3. The zero-order valence-electron chi connectivity index (χ0n) is 17.6. The molecule has 5 heterocycles. The van der Waals surface area contributed by atoms with Crippen molar-refractivity contribution in [3.8, 4) is 5.13 Å². The van der Waals surface area contributed by atoms with Crippen molar-refractivity contribution in [2.75, 3.05) is 18.0 Å². The molecule has 4 aromatic rings. The van der Waals surface area contributed by atoms with E-state index in [1.54, 1.807) is 35.3 Å². The first kappa shape index (κ1) is 21.0. The number of nitrogens with zero attached hydrogens (tertiary/aromatic N) is 5. The Morgan fingerprint density at radius 3 is 2.70 bits per heavy atom. The van der Waals surface area contributed by atoms with Crippen molar-refractivity contribution in [1.82, 2.24) is 19.5 Å². The second kappa shape index (κ2) is 8.21. The van der Waals surface area contributed by atoms with Gasteiger partial charge in [0, 0.05) is 49.2 Å². The van der Waals surface area contributed by atoms with Gasteiger partial charge in [-0.2, -0.15) is 0 Å². The number of pyridine rings is 3. The van der Waals surface area contributed by atoms with Crippen molar-refractivity contribution in [1.29, 1.82) is 0 Å². The Bertz CT molecular complexity index is 1430. The van der Waals surface area contributed by atoms with Crippen molar-refractivity contribution in [3.05, 3.63) is 75.3 Å². The normalized spacial score (nSPS) is 13.8. The quantitative estimate of drug-likeness (QED) is 0.465. The highest BCUT2D eigenvalue weighted by Crippen LogP contribution is 2.29. The lowest BCUT2D eigenvalue weighted by atomic mass is 9.92. The van der Waals surface area contributed by atoms with Gasteiger partial charge in [-0.15, -0.1) is 11.3 Å². The number of ketones is 1. The zero-order valence-corrected chi connectivity index (χ0v) is 18.5. The highest BCUT2D eigenvalue weighted by molar-refractivity contribution is 7.12. The van der Waals surface area contributed by atoms with Gasteiger partial charge in [0.15, 0.2) is 10.8 Å². The molecule has 0 aromatic carbocycles. The van der Waals surface area contributed by atoms with Gasteiger partial charge in [-0.3, -0.25) is 19.1 Å². The lowest BCUT2D eigenvalue weighted by molar-refractivity contribution is -0.123. The summed E-state index contributed by atoms with van der Waals surface area (Å²) in [5.41, 5.74) is 0.811. The Kier molecular flexibility index (Phi) is 5.21. The molecule has 1 aliphatic heterocycles. The van der Waals surface area contributed by atoms with Crippen LogP contribution in [0.1, 0.15) is 21.6 Å². The van der Waals surface area contributed by atoms with E-state index in [4.69, 9.17) is 4.98 Å². The van der Waals surface area contributed by atoms with E-state index >= 15 is 0 Å². The maximum absolute atomic E-state index is 12.9. The van der Waals surface area contributed by atoms with Gasteiger partial charge in [0.25, 0.3) is 0 Å². The topological polar surface area (TPSA) is 118 Å². The molecular formula is C23H19N5O4S. The summed E-state index contributed by atoms with van der Waals surface area (Å²) >= 11 is 1.31. The van der Waals surface area contributed by atoms with Gasteiger partial charge in [0.05, 0.1) is 11.3 Å². The van der Waals surface area contributed by atoms with Crippen LogP contribution in [0, 0.1) is 12.8 Å². The van der Waals surface area contributed by atoms with Crippen LogP contribution in [0.5, 0.6) is 0 Å². The van der Waals surface area contributed by atoms with Crippen LogP contribution in [-0.2, 0) is 11.2 Å². The summed E-state index contributed by atoms with van der Waals surface area (Å²) in [6.07, 6.45) is 4.85. The molecular weight excluding hydrogens is 442 g/mol. The van der Waals surface area contributed by atoms with Crippen LogP contribution < -0.4 is 10.3 Å². The SMILES string of the molecule is Cc1cc(N2CC(C(=O)Cc3ccccn3)C2)nc2c1c(=O)c(C(=O)O)cn2-c1nccs1. The van der Waals surface area contributed by atoms with E-state index in [0.29, 0.717) is 41.7 Å². The number of hydrogen-bond acceptors (Lipinski definition) is 8. The molecule has 1 aliphatic rings. The fraction of sp³-hybridized carbons (Fsp3) is 0.217. The molecule has 33 heavy (non-hydrogen) atoms. The van der Waals surface area contributed by atoms with Crippen molar-refractivity contribution in [2.24, 2.45) is 5.92 Å². The lowest BCUT2D eigenvalue weighted by Gasteiger charge is -2.39. The number of carboxylic acid groups (broad SMARTS) is 1. The number of anilines is 1. The minimum Gasteiger partial charge on any atom is -0.477 e. The van der Waals surface area contributed by atoms with E-state index in [1.165, 1.54) is 17.5 Å². The average Bonchev–Trinajstić information content (AvgIpc) is 3.28. The molecule has 1 saturated heterocycles. The molecule has 0 spiro atoms. The van der Waals surface area contributed by atoms with Crippen LogP contribution in [0.3, 0.4) is 0 Å². The van der Waals surface area contributed by atoms with Gasteiger partial charge in [-0.05, 0) is 30.7 Å². The summed E-state index contributed by atoms with van der Waals surface area (Å²) in [4.78, 5) is 52.3. The Hall–Kier alpha value is -3.92. The van der Waals surface area contributed by atoms with Gasteiger partial charge in [-0.25, -0.2) is 14.8 Å². The monoisotopic (exact) mass is 461 g/mol. The van der Waals surface area contributed by atoms with Crippen molar-refractivity contribution in [2.45, 2.75) is 13.3 Å². The lowest BCUT2D eigenvalue weighted by Crippen LogP contribution is -2.51. The maximum atomic E-state index is 12.9. The molecule has 0 saturated carbocycles. The molecule has 5 rings (SSSR count). The van der Waals surface area contributed by atoms with E-state index in [9.17, 15) is 19.5 Å². The summed E-state index contributed by atoms with van der Waals surface area (Å²) in [6, 6.07) is 7.28. The number of thiazole rings is 1. The summed E-state index contributed by atoms with van der Waals surface area (Å²) < 4.78 is 1.55. The van der Waals surface area contributed by atoms with Crippen LogP contribution >= 0.6 is 11.3 Å². The highest BCUT2D eigenvalue weighted by Gasteiger charge is 2.34. The molecule has 166 valence electrons. The Labute approximate surface area is 192 Å². The third-order valence-corrected chi connectivity index (χ3v) is 6.51. The molecule has 0 unspecified atom stereocenters. The summed E-state index contributed by atoms with van der Waals surface area (Å²) in [5.74, 6) is -0.643. The average molecular weight is 462 g/mol. The Morgan fingerprint density at radius 1 is 1.21 bits per heavy atom. The van der Waals surface area contributed by atoms with Crippen LogP contribution in [0.2, 0.25) is 0 Å². The van der Waals surface area contributed by atoms with E-state index in [2.05, 4.69) is 9.97 Å². The molecule has 9 nitrogen and oxygen atoms in total. The fourth-order valence-corrected chi connectivity index (χ4v) is 4.59. The molecule has 0 radical (unpaired) electrons. The molecule has 0 amide bonds. The van der Waals surface area contributed by atoms with Crippen LogP contribution in [-0.4, -0.2) is 49.5 Å². The molecule has 0 bridgehead atoms. The van der Waals surface area contributed by atoms with E-state index < -0.39 is 11.4 Å². The van der Waals surface area contributed by atoms with Crippen molar-refractivity contribution in [3.63, 3.8) is 0 Å². The standard InChI is InChI=1S/C23H19N5O4S/c1-13-8-18(27-10-14(11-27)17(29)9-15-4-2-3-5-24-15)26-21-19(13)20(30)16(22(31)32)12-28(21)23-25-6-7-33-23/h2-8,12,14H,9-11H2,1H3,(H,31,32). The number of carbonyl (C=O) groups is 2. The van der Waals surface area contributed by atoms with Crippen LogP contribution in [0.15, 0.2) is 53.0 Å². The number of hydrogen-bond donors (Lipinski definition) is 1. The summed E-state index contributed by atoms with van der Waals surface area (Å²) in [5, 5.41) is 12.0. The van der Waals surface area contributed by atoms with E-state index in [0.717, 1.165) is 5.69 Å². The number of rotatable bonds is 6. The first-order valence-corrected chi connectivity index (χ1v) is 11.2. The van der Waals surface area contributed by atoms with E-state index in [1.807, 2.05) is 23.1 Å². The largest absolute Gasteiger partial charge is 0.477 e. The maximum Gasteiger partial charge on any atom is 0.341 e.